The molecular weight excluding hydrogens is 502 g/mol. The second kappa shape index (κ2) is 9.69. The Balaban J connectivity index is 1.69. The van der Waals surface area contributed by atoms with Gasteiger partial charge in [-0.2, -0.15) is 0 Å². The normalized spacial score (nSPS) is 17.6. The number of hydrogen-bond donors (Lipinski definition) is 0. The van der Waals surface area contributed by atoms with E-state index in [0.29, 0.717) is 13.1 Å². The van der Waals surface area contributed by atoms with Crippen LogP contribution < -0.4 is 0 Å². The highest BCUT2D eigenvalue weighted by atomic mass is 79.9. The zero-order valence-electron chi connectivity index (χ0n) is 16.4. The quantitative estimate of drug-likeness (QED) is 0.352. The number of benzene rings is 3. The molecule has 0 unspecified atom stereocenters. The van der Waals surface area contributed by atoms with Gasteiger partial charge in [-0.1, -0.05) is 86.5 Å². The second-order valence-electron chi connectivity index (χ2n) is 7.41. The molecule has 0 spiro atoms. The van der Waals surface area contributed by atoms with Crippen molar-refractivity contribution < 1.29 is 4.79 Å². The predicted octanol–water partition coefficient (Wildman–Crippen LogP) is 6.76. The van der Waals surface area contributed by atoms with Crippen molar-refractivity contribution >= 4 is 49.8 Å². The number of rotatable bonds is 4. The van der Waals surface area contributed by atoms with Crippen LogP contribution in [0.3, 0.4) is 0 Å². The fraction of sp³-hybridized carbons (Fsp3) is 0.115. The molecule has 3 aromatic carbocycles. The molecule has 0 atom stereocenters. The van der Waals surface area contributed by atoms with Crippen molar-refractivity contribution in [1.29, 1.82) is 0 Å². The van der Waals surface area contributed by atoms with Crippen LogP contribution in [0.1, 0.15) is 16.7 Å². The van der Waals surface area contributed by atoms with Crippen molar-refractivity contribution in [2.75, 3.05) is 13.1 Å². The average molecular weight is 523 g/mol. The number of nitrogens with zero attached hydrogens (tertiary/aromatic N) is 1. The highest BCUT2D eigenvalue weighted by molar-refractivity contribution is 9.10. The summed E-state index contributed by atoms with van der Waals surface area (Å²) in [6, 6.07) is 26.5. The first-order valence-electron chi connectivity index (χ1n) is 9.80. The molecule has 2 nitrogen and oxygen atoms in total. The van der Waals surface area contributed by atoms with Gasteiger partial charge in [-0.25, -0.2) is 0 Å². The zero-order chi connectivity index (χ0) is 20.9. The van der Waals surface area contributed by atoms with Gasteiger partial charge in [0.1, 0.15) is 0 Å². The lowest BCUT2D eigenvalue weighted by atomic mass is 9.94. The molecule has 1 saturated heterocycles. The summed E-state index contributed by atoms with van der Waals surface area (Å²) in [5, 5.41) is 0. The Bertz CT molecular complexity index is 1050. The van der Waals surface area contributed by atoms with Crippen LogP contribution in [-0.4, -0.2) is 23.8 Å². The molecule has 0 aliphatic carbocycles. The fourth-order valence-corrected chi connectivity index (χ4v) is 4.49. The molecule has 0 N–H and O–H groups in total. The first-order chi connectivity index (χ1) is 14.6. The number of carbonyl (C=O) groups is 1. The molecule has 1 heterocycles. The summed E-state index contributed by atoms with van der Waals surface area (Å²) < 4.78 is 2.01. The third-order valence-electron chi connectivity index (χ3n) is 5.00. The number of piperidine rings is 1. The topological polar surface area (TPSA) is 20.3 Å². The molecule has 1 aliphatic rings. The molecule has 1 aliphatic heterocycles. The number of halogens is 2. The van der Waals surface area contributed by atoms with Gasteiger partial charge < -0.3 is 0 Å². The van der Waals surface area contributed by atoms with Crippen LogP contribution in [0.2, 0.25) is 0 Å². The Hall–Kier alpha value is -2.27. The highest BCUT2D eigenvalue weighted by Gasteiger charge is 2.26. The molecule has 1 fully saturated rings. The third-order valence-corrected chi connectivity index (χ3v) is 5.99. The number of likely N-dealkylation sites (tertiary alicyclic amines) is 1. The summed E-state index contributed by atoms with van der Waals surface area (Å²) in [6.07, 6.45) is 4.03. The largest absolute Gasteiger partial charge is 0.290 e. The molecule has 3 aromatic rings. The summed E-state index contributed by atoms with van der Waals surface area (Å²) in [6.45, 7) is 2.08. The fourth-order valence-electron chi connectivity index (χ4n) is 3.66. The Morgan fingerprint density at radius 1 is 0.733 bits per heavy atom. The Labute approximate surface area is 194 Å². The number of ketones is 1. The Morgan fingerprint density at radius 2 is 1.27 bits per heavy atom. The molecular formula is C26H21Br2NO. The van der Waals surface area contributed by atoms with Crippen LogP contribution in [0.25, 0.3) is 12.2 Å². The van der Waals surface area contributed by atoms with Crippen LogP contribution in [0, 0.1) is 0 Å². The average Bonchev–Trinajstić information content (AvgIpc) is 2.72. The maximum atomic E-state index is 13.3. The Kier molecular flexibility index (Phi) is 6.78. The first kappa shape index (κ1) is 21.0. The lowest BCUT2D eigenvalue weighted by molar-refractivity contribution is -0.113. The molecule has 4 heteroatoms. The molecule has 0 aromatic heterocycles. The van der Waals surface area contributed by atoms with Crippen LogP contribution in [0.15, 0.2) is 99.0 Å². The minimum absolute atomic E-state index is 0.124. The van der Waals surface area contributed by atoms with Gasteiger partial charge in [-0.05, 0) is 53.1 Å². The first-order valence-corrected chi connectivity index (χ1v) is 11.4. The standard InChI is InChI=1S/C26H21Br2NO/c27-24-10-4-8-20(14-24)12-22-17-29(16-19-6-2-1-3-7-19)18-23(26(22)30)13-21-9-5-11-25(28)15-21/h1-15H,16-18H2/b22-12-,23-13+. The van der Waals surface area contributed by atoms with Crippen molar-refractivity contribution in [3.05, 3.63) is 116 Å². The van der Waals surface area contributed by atoms with Crippen molar-refractivity contribution in [3.8, 4) is 0 Å². The highest BCUT2D eigenvalue weighted by Crippen LogP contribution is 2.25. The smallest absolute Gasteiger partial charge is 0.187 e. The molecule has 30 heavy (non-hydrogen) atoms. The maximum absolute atomic E-state index is 13.3. The summed E-state index contributed by atoms with van der Waals surface area (Å²) >= 11 is 7.04. The van der Waals surface area contributed by atoms with E-state index < -0.39 is 0 Å². The van der Waals surface area contributed by atoms with E-state index in [1.807, 2.05) is 66.7 Å². The van der Waals surface area contributed by atoms with Gasteiger partial charge in [0, 0.05) is 39.7 Å². The molecule has 0 bridgehead atoms. The van der Waals surface area contributed by atoms with Gasteiger partial charge in [0.05, 0.1) is 0 Å². The summed E-state index contributed by atoms with van der Waals surface area (Å²) in [5.74, 6) is 0.124. The molecule has 0 saturated carbocycles. The van der Waals surface area contributed by atoms with Gasteiger partial charge in [0.15, 0.2) is 5.78 Å². The number of hydrogen-bond acceptors (Lipinski definition) is 2. The van der Waals surface area contributed by atoms with Crippen LogP contribution >= 0.6 is 31.9 Å². The minimum atomic E-state index is 0.124. The second-order valence-corrected chi connectivity index (χ2v) is 9.24. The van der Waals surface area contributed by atoms with Gasteiger partial charge in [-0.3, -0.25) is 9.69 Å². The molecule has 0 amide bonds. The van der Waals surface area contributed by atoms with E-state index in [9.17, 15) is 4.79 Å². The van der Waals surface area contributed by atoms with E-state index in [1.165, 1.54) is 5.56 Å². The van der Waals surface area contributed by atoms with Crippen LogP contribution in [0.5, 0.6) is 0 Å². The van der Waals surface area contributed by atoms with E-state index in [4.69, 9.17) is 0 Å². The predicted molar refractivity (Wildman–Crippen MR) is 131 cm³/mol. The lowest BCUT2D eigenvalue weighted by Gasteiger charge is -2.30. The van der Waals surface area contributed by atoms with Crippen LogP contribution in [-0.2, 0) is 11.3 Å². The summed E-state index contributed by atoms with van der Waals surface area (Å²) in [4.78, 5) is 15.6. The van der Waals surface area contributed by atoms with Gasteiger partial charge in [-0.15, -0.1) is 0 Å². The summed E-state index contributed by atoms with van der Waals surface area (Å²) in [5.41, 5.74) is 4.93. The SMILES string of the molecule is O=C1/C(=C\c2cccc(Br)c2)CN(Cc2ccccc2)C/C1=C\c1cccc(Br)c1. The van der Waals surface area contributed by atoms with Crippen molar-refractivity contribution in [2.24, 2.45) is 0 Å². The van der Waals surface area contributed by atoms with E-state index >= 15 is 0 Å². The lowest BCUT2D eigenvalue weighted by Crippen LogP contribution is -2.37. The molecule has 4 rings (SSSR count). The van der Waals surface area contributed by atoms with Crippen molar-refractivity contribution in [3.63, 3.8) is 0 Å². The van der Waals surface area contributed by atoms with Crippen molar-refractivity contribution in [2.45, 2.75) is 6.54 Å². The van der Waals surface area contributed by atoms with E-state index in [-0.39, 0.29) is 5.78 Å². The molecule has 150 valence electrons. The number of carbonyl (C=O) groups excluding carboxylic acids is 1. The Morgan fingerprint density at radius 3 is 1.77 bits per heavy atom. The van der Waals surface area contributed by atoms with Gasteiger partial charge in [0.25, 0.3) is 0 Å². The third kappa shape index (κ3) is 5.45. The van der Waals surface area contributed by atoms with Gasteiger partial charge >= 0.3 is 0 Å². The number of Topliss-reactive ketones (excluding diaryl/α,β-unsaturated/α-hetero) is 1. The monoisotopic (exact) mass is 521 g/mol. The van der Waals surface area contributed by atoms with E-state index in [2.05, 4.69) is 61.0 Å². The minimum Gasteiger partial charge on any atom is -0.290 e. The van der Waals surface area contributed by atoms with E-state index in [1.54, 1.807) is 0 Å². The molecule has 0 radical (unpaired) electrons. The van der Waals surface area contributed by atoms with Crippen LogP contribution in [0.4, 0.5) is 0 Å². The van der Waals surface area contributed by atoms with E-state index in [0.717, 1.165) is 37.8 Å². The maximum Gasteiger partial charge on any atom is 0.187 e. The summed E-state index contributed by atoms with van der Waals surface area (Å²) in [7, 11) is 0. The van der Waals surface area contributed by atoms with Crippen molar-refractivity contribution in [1.82, 2.24) is 4.90 Å². The zero-order valence-corrected chi connectivity index (χ0v) is 19.6. The van der Waals surface area contributed by atoms with Gasteiger partial charge in [0.2, 0.25) is 0 Å².